The minimum atomic E-state index is -0.919. The van der Waals surface area contributed by atoms with E-state index in [-0.39, 0.29) is 18.2 Å². The number of anilines is 1. The summed E-state index contributed by atoms with van der Waals surface area (Å²) in [6, 6.07) is 4.96. The molecule has 1 atom stereocenters. The number of primary amides is 1. The average molecular weight is 293 g/mol. The van der Waals surface area contributed by atoms with E-state index in [1.807, 2.05) is 0 Å². The Morgan fingerprint density at radius 3 is 2.19 bits per heavy atom. The minimum Gasteiger partial charge on any atom is -0.481 e. The van der Waals surface area contributed by atoms with Crippen LogP contribution >= 0.6 is 0 Å². The zero-order valence-electron chi connectivity index (χ0n) is 11.9. The van der Waals surface area contributed by atoms with E-state index >= 15 is 0 Å². The number of amides is 3. The van der Waals surface area contributed by atoms with Gasteiger partial charge in [-0.25, -0.2) is 4.79 Å². The quantitative estimate of drug-likeness (QED) is 0.623. The first kappa shape index (κ1) is 16.5. The normalized spacial score (nSPS) is 11.8. The van der Waals surface area contributed by atoms with Crippen molar-refractivity contribution in [2.45, 2.75) is 26.3 Å². The van der Waals surface area contributed by atoms with Gasteiger partial charge in [-0.15, -0.1) is 0 Å². The summed E-state index contributed by atoms with van der Waals surface area (Å²) in [7, 11) is 0. The van der Waals surface area contributed by atoms with Crippen LogP contribution in [0.3, 0.4) is 0 Å². The highest BCUT2D eigenvalue weighted by atomic mass is 16.4. The van der Waals surface area contributed by atoms with Crippen molar-refractivity contribution in [2.24, 2.45) is 11.7 Å². The molecule has 0 spiro atoms. The number of carboxylic acid groups (broad SMARTS) is 1. The van der Waals surface area contributed by atoms with Gasteiger partial charge in [0.25, 0.3) is 0 Å². The molecule has 7 heteroatoms. The maximum absolute atomic E-state index is 12.1. The van der Waals surface area contributed by atoms with Gasteiger partial charge in [-0.05, 0) is 23.6 Å². The second kappa shape index (κ2) is 7.28. The molecule has 114 valence electrons. The van der Waals surface area contributed by atoms with Crippen molar-refractivity contribution in [3.05, 3.63) is 29.8 Å². The summed E-state index contributed by atoms with van der Waals surface area (Å²) in [6.45, 7) is 3.58. The highest BCUT2D eigenvalue weighted by molar-refractivity contribution is 5.97. The van der Waals surface area contributed by atoms with Crippen LogP contribution in [0.5, 0.6) is 0 Å². The van der Waals surface area contributed by atoms with Gasteiger partial charge in [0.05, 0.1) is 6.42 Å². The van der Waals surface area contributed by atoms with Crippen molar-refractivity contribution in [1.82, 2.24) is 5.32 Å². The first-order valence-corrected chi connectivity index (χ1v) is 6.47. The molecule has 1 aromatic carbocycles. The molecule has 7 nitrogen and oxygen atoms in total. The lowest BCUT2D eigenvalue weighted by Gasteiger charge is -2.20. The third-order valence-corrected chi connectivity index (χ3v) is 2.82. The highest BCUT2D eigenvalue weighted by Gasteiger charge is 2.23. The number of aliphatic carboxylic acids is 1. The molecule has 0 saturated heterocycles. The highest BCUT2D eigenvalue weighted by Crippen LogP contribution is 2.12. The third-order valence-electron chi connectivity index (χ3n) is 2.82. The summed E-state index contributed by atoms with van der Waals surface area (Å²) in [4.78, 5) is 33.5. The zero-order chi connectivity index (χ0) is 16.0. The van der Waals surface area contributed by atoms with Gasteiger partial charge in [0.1, 0.15) is 6.04 Å². The zero-order valence-corrected chi connectivity index (χ0v) is 11.9. The summed E-state index contributed by atoms with van der Waals surface area (Å²) in [5.41, 5.74) is 6.20. The predicted molar refractivity (Wildman–Crippen MR) is 77.8 cm³/mol. The van der Waals surface area contributed by atoms with E-state index in [9.17, 15) is 14.4 Å². The fourth-order valence-electron chi connectivity index (χ4n) is 1.79. The number of urea groups is 1. The van der Waals surface area contributed by atoms with E-state index in [1.165, 1.54) is 0 Å². The molecule has 0 saturated carbocycles. The van der Waals surface area contributed by atoms with Crippen LogP contribution in [-0.2, 0) is 16.0 Å². The van der Waals surface area contributed by atoms with Gasteiger partial charge in [-0.3, -0.25) is 9.59 Å². The summed E-state index contributed by atoms with van der Waals surface area (Å²) in [5.74, 6) is -1.42. The van der Waals surface area contributed by atoms with E-state index in [4.69, 9.17) is 10.8 Å². The van der Waals surface area contributed by atoms with E-state index in [1.54, 1.807) is 38.1 Å². The van der Waals surface area contributed by atoms with Crippen LogP contribution in [0.1, 0.15) is 19.4 Å². The van der Waals surface area contributed by atoms with Crippen molar-refractivity contribution in [1.29, 1.82) is 0 Å². The van der Waals surface area contributed by atoms with Crippen LogP contribution in [0.15, 0.2) is 24.3 Å². The van der Waals surface area contributed by atoms with E-state index in [0.717, 1.165) is 0 Å². The molecule has 0 fully saturated rings. The van der Waals surface area contributed by atoms with Crippen LogP contribution in [0.2, 0.25) is 0 Å². The molecule has 0 heterocycles. The van der Waals surface area contributed by atoms with Crippen LogP contribution < -0.4 is 16.4 Å². The van der Waals surface area contributed by atoms with Crippen molar-refractivity contribution >= 4 is 23.6 Å². The number of carbonyl (C=O) groups excluding carboxylic acids is 2. The molecule has 0 aromatic heterocycles. The summed E-state index contributed by atoms with van der Waals surface area (Å²) in [5, 5.41) is 13.7. The Morgan fingerprint density at radius 2 is 1.76 bits per heavy atom. The Balaban J connectivity index is 2.72. The molecule has 1 aromatic rings. The first-order valence-electron chi connectivity index (χ1n) is 6.47. The lowest BCUT2D eigenvalue weighted by atomic mass is 10.0. The van der Waals surface area contributed by atoms with Crippen molar-refractivity contribution in [2.75, 3.05) is 5.32 Å². The molecule has 1 unspecified atom stereocenters. The molecule has 0 bridgehead atoms. The standard InChI is InChI=1S/C14H19N3O4/c1-8(2)12(17-14(15)21)13(20)16-10-5-3-9(4-6-10)7-11(18)19/h3-6,8,12H,7H2,1-2H3,(H,16,20)(H,18,19)(H3,15,17,21). The Morgan fingerprint density at radius 1 is 1.19 bits per heavy atom. The number of nitrogens with one attached hydrogen (secondary N) is 2. The second-order valence-electron chi connectivity index (χ2n) is 4.99. The van der Waals surface area contributed by atoms with Crippen LogP contribution in [-0.4, -0.2) is 29.1 Å². The lowest BCUT2D eigenvalue weighted by Crippen LogP contribution is -2.49. The maximum Gasteiger partial charge on any atom is 0.312 e. The molecule has 1 rings (SSSR count). The first-order chi connectivity index (χ1) is 9.79. The van der Waals surface area contributed by atoms with Gasteiger partial charge < -0.3 is 21.5 Å². The number of carbonyl (C=O) groups is 3. The fraction of sp³-hybridized carbons (Fsp3) is 0.357. The van der Waals surface area contributed by atoms with E-state index < -0.39 is 18.0 Å². The molecule has 3 amide bonds. The SMILES string of the molecule is CC(C)C(NC(N)=O)C(=O)Nc1ccc(CC(=O)O)cc1. The largest absolute Gasteiger partial charge is 0.481 e. The molecule has 5 N–H and O–H groups in total. The van der Waals surface area contributed by atoms with E-state index in [2.05, 4.69) is 10.6 Å². The minimum absolute atomic E-state index is 0.0773. The van der Waals surface area contributed by atoms with Crippen LogP contribution in [0.4, 0.5) is 10.5 Å². The third kappa shape index (κ3) is 5.52. The fourth-order valence-corrected chi connectivity index (χ4v) is 1.79. The molecule has 0 aliphatic heterocycles. The Hall–Kier alpha value is -2.57. The Bertz CT molecular complexity index is 526. The van der Waals surface area contributed by atoms with E-state index in [0.29, 0.717) is 11.3 Å². The number of hydrogen-bond donors (Lipinski definition) is 4. The van der Waals surface area contributed by atoms with Crippen LogP contribution in [0.25, 0.3) is 0 Å². The number of carboxylic acids is 1. The van der Waals surface area contributed by atoms with Crippen molar-refractivity contribution < 1.29 is 19.5 Å². The molecular formula is C14H19N3O4. The number of benzene rings is 1. The van der Waals surface area contributed by atoms with Gasteiger partial charge in [-0.2, -0.15) is 0 Å². The number of hydrogen-bond acceptors (Lipinski definition) is 3. The average Bonchev–Trinajstić information content (AvgIpc) is 2.37. The number of rotatable bonds is 6. The monoisotopic (exact) mass is 293 g/mol. The topological polar surface area (TPSA) is 122 Å². The Labute approximate surface area is 122 Å². The smallest absolute Gasteiger partial charge is 0.312 e. The molecule has 0 aliphatic carbocycles. The molecule has 21 heavy (non-hydrogen) atoms. The van der Waals surface area contributed by atoms with Crippen LogP contribution in [0, 0.1) is 5.92 Å². The van der Waals surface area contributed by atoms with Gasteiger partial charge in [-0.1, -0.05) is 26.0 Å². The summed E-state index contributed by atoms with van der Waals surface area (Å²) < 4.78 is 0. The van der Waals surface area contributed by atoms with Gasteiger partial charge >= 0.3 is 12.0 Å². The van der Waals surface area contributed by atoms with Crippen molar-refractivity contribution in [3.63, 3.8) is 0 Å². The lowest BCUT2D eigenvalue weighted by molar-refractivity contribution is -0.136. The van der Waals surface area contributed by atoms with Gasteiger partial charge in [0.2, 0.25) is 5.91 Å². The second-order valence-corrected chi connectivity index (χ2v) is 4.99. The maximum atomic E-state index is 12.1. The number of nitrogens with two attached hydrogens (primary N) is 1. The van der Waals surface area contributed by atoms with Crippen molar-refractivity contribution in [3.8, 4) is 0 Å². The van der Waals surface area contributed by atoms with Gasteiger partial charge in [0, 0.05) is 5.69 Å². The van der Waals surface area contributed by atoms with Gasteiger partial charge in [0.15, 0.2) is 0 Å². The summed E-state index contributed by atoms with van der Waals surface area (Å²) >= 11 is 0. The Kier molecular flexibility index (Phi) is 5.71. The molecule has 0 radical (unpaired) electrons. The molecular weight excluding hydrogens is 274 g/mol. The summed E-state index contributed by atoms with van der Waals surface area (Å²) in [6.07, 6.45) is -0.0773. The molecule has 0 aliphatic rings. The predicted octanol–water partition coefficient (Wildman–Crippen LogP) is 0.945.